The van der Waals surface area contributed by atoms with Crippen molar-refractivity contribution < 1.29 is 14.4 Å². The van der Waals surface area contributed by atoms with Crippen LogP contribution >= 0.6 is 0 Å². The Morgan fingerprint density at radius 1 is 0.667 bits per heavy atom. The molecule has 0 radical (unpaired) electrons. The van der Waals surface area contributed by atoms with Gasteiger partial charge in [0.15, 0.2) is 0 Å². The fourth-order valence-electron chi connectivity index (χ4n) is 3.43. The lowest BCUT2D eigenvalue weighted by Crippen LogP contribution is -2.41. The zero-order valence-electron chi connectivity index (χ0n) is 18.0. The Labute approximate surface area is 191 Å². The summed E-state index contributed by atoms with van der Waals surface area (Å²) >= 11 is 0. The van der Waals surface area contributed by atoms with Gasteiger partial charge in [0, 0.05) is 11.3 Å². The molecule has 3 N–H and O–H groups in total. The van der Waals surface area contributed by atoms with Gasteiger partial charge in [0.1, 0.15) is 6.04 Å². The van der Waals surface area contributed by atoms with E-state index in [4.69, 9.17) is 0 Å². The van der Waals surface area contributed by atoms with E-state index in [0.29, 0.717) is 16.9 Å². The molecule has 33 heavy (non-hydrogen) atoms. The first-order valence-electron chi connectivity index (χ1n) is 10.6. The van der Waals surface area contributed by atoms with Crippen molar-refractivity contribution in [3.8, 4) is 0 Å². The van der Waals surface area contributed by atoms with E-state index in [-0.39, 0.29) is 17.4 Å². The number of hydrogen-bond acceptors (Lipinski definition) is 3. The minimum Gasteiger partial charge on any atom is -0.340 e. The van der Waals surface area contributed by atoms with Gasteiger partial charge < -0.3 is 16.0 Å². The number of fused-ring (bicyclic) bond motifs is 1. The average Bonchev–Trinajstić information content (AvgIpc) is 2.84. The molecule has 3 amide bonds. The summed E-state index contributed by atoms with van der Waals surface area (Å²) in [5.74, 6) is -1.12. The molecule has 0 spiro atoms. The van der Waals surface area contributed by atoms with Gasteiger partial charge in [-0.2, -0.15) is 0 Å². The third-order valence-corrected chi connectivity index (χ3v) is 5.21. The Balaban J connectivity index is 1.43. The third-order valence-electron chi connectivity index (χ3n) is 5.21. The van der Waals surface area contributed by atoms with Gasteiger partial charge in [-0.25, -0.2) is 0 Å². The van der Waals surface area contributed by atoms with Gasteiger partial charge in [0.2, 0.25) is 5.91 Å². The molecule has 6 heteroatoms. The van der Waals surface area contributed by atoms with Crippen LogP contribution in [0.25, 0.3) is 10.8 Å². The van der Waals surface area contributed by atoms with E-state index in [1.807, 2.05) is 48.5 Å². The minimum atomic E-state index is -0.790. The lowest BCUT2D eigenvalue weighted by Gasteiger charge is -2.16. The first-order chi connectivity index (χ1) is 16.0. The summed E-state index contributed by atoms with van der Waals surface area (Å²) in [6.07, 6.45) is 0. The van der Waals surface area contributed by atoms with E-state index >= 15 is 0 Å². The van der Waals surface area contributed by atoms with Crippen LogP contribution in [-0.2, 0) is 4.79 Å². The molecule has 0 aliphatic carbocycles. The highest BCUT2D eigenvalue weighted by Crippen LogP contribution is 2.19. The molecule has 0 bridgehead atoms. The smallest absolute Gasteiger partial charge is 0.255 e. The number of carbonyl (C=O) groups excluding carboxylic acids is 3. The molecule has 6 nitrogen and oxygen atoms in total. The molecule has 0 fully saturated rings. The van der Waals surface area contributed by atoms with Gasteiger partial charge in [-0.05, 0) is 54.1 Å². The topological polar surface area (TPSA) is 87.3 Å². The molecule has 1 unspecified atom stereocenters. The van der Waals surface area contributed by atoms with Crippen LogP contribution in [0.3, 0.4) is 0 Å². The van der Waals surface area contributed by atoms with Crippen LogP contribution in [0, 0.1) is 0 Å². The van der Waals surface area contributed by atoms with Crippen LogP contribution < -0.4 is 16.0 Å². The lowest BCUT2D eigenvalue weighted by molar-refractivity contribution is -0.117. The Hall–Kier alpha value is -4.45. The number of anilines is 2. The minimum absolute atomic E-state index is 0.270. The second-order valence-electron chi connectivity index (χ2n) is 7.61. The fraction of sp³-hybridized carbons (Fsp3) is 0.0741. The summed E-state index contributed by atoms with van der Waals surface area (Å²) in [5.41, 5.74) is 1.77. The number of nitrogens with one attached hydrogen (secondary N) is 3. The average molecular weight is 437 g/mol. The molecule has 0 heterocycles. The molecule has 164 valence electrons. The predicted octanol–water partition coefficient (Wildman–Crippen LogP) is 4.85. The Morgan fingerprint density at radius 2 is 1.33 bits per heavy atom. The van der Waals surface area contributed by atoms with Crippen molar-refractivity contribution in [3.05, 3.63) is 108 Å². The first-order valence-corrected chi connectivity index (χ1v) is 10.6. The zero-order chi connectivity index (χ0) is 23.2. The molecule has 0 aliphatic rings. The molecule has 1 atom stereocenters. The number of hydrogen-bond donors (Lipinski definition) is 3. The maximum absolute atomic E-state index is 12.9. The van der Waals surface area contributed by atoms with Crippen LogP contribution in [0.15, 0.2) is 97.1 Å². The maximum atomic E-state index is 12.9. The second kappa shape index (κ2) is 9.78. The standard InChI is InChI=1S/C27H23N3O3/c1-18(25(31)29-22-16-15-19-9-5-6-12-21(19)17-22)28-27(33)23-13-7-8-14-24(23)30-26(32)20-10-3-2-4-11-20/h2-18H,1H3,(H,28,33)(H,29,31)(H,30,32). The van der Waals surface area contributed by atoms with Gasteiger partial charge in [0.05, 0.1) is 11.3 Å². The molecule has 0 aliphatic heterocycles. The van der Waals surface area contributed by atoms with Gasteiger partial charge in [0.25, 0.3) is 11.8 Å². The van der Waals surface area contributed by atoms with Gasteiger partial charge in [-0.15, -0.1) is 0 Å². The normalized spacial score (nSPS) is 11.4. The molecule has 4 aromatic carbocycles. The number of rotatable bonds is 6. The highest BCUT2D eigenvalue weighted by molar-refractivity contribution is 6.10. The molecule has 4 rings (SSSR count). The van der Waals surface area contributed by atoms with E-state index in [1.54, 1.807) is 55.5 Å². The summed E-state index contributed by atoms with van der Waals surface area (Å²) in [6.45, 7) is 1.61. The number of benzene rings is 4. The van der Waals surface area contributed by atoms with Crippen molar-refractivity contribution in [3.63, 3.8) is 0 Å². The summed E-state index contributed by atoms with van der Waals surface area (Å²) < 4.78 is 0. The number of carbonyl (C=O) groups is 3. The van der Waals surface area contributed by atoms with Crippen LogP contribution in [0.4, 0.5) is 11.4 Å². The van der Waals surface area contributed by atoms with Gasteiger partial charge in [-0.1, -0.05) is 60.7 Å². The highest BCUT2D eigenvalue weighted by atomic mass is 16.2. The first kappa shape index (κ1) is 21.8. The third kappa shape index (κ3) is 5.25. The van der Waals surface area contributed by atoms with Crippen LogP contribution in [0.1, 0.15) is 27.6 Å². The summed E-state index contributed by atoms with van der Waals surface area (Å²) in [6, 6.07) is 28.1. The summed E-state index contributed by atoms with van der Waals surface area (Å²) in [5, 5.41) is 10.4. The highest BCUT2D eigenvalue weighted by Gasteiger charge is 2.19. The maximum Gasteiger partial charge on any atom is 0.255 e. The second-order valence-corrected chi connectivity index (χ2v) is 7.61. The summed E-state index contributed by atoms with van der Waals surface area (Å²) in [4.78, 5) is 38.1. The largest absolute Gasteiger partial charge is 0.340 e. The lowest BCUT2D eigenvalue weighted by atomic mass is 10.1. The van der Waals surface area contributed by atoms with Gasteiger partial charge in [-0.3, -0.25) is 14.4 Å². The van der Waals surface area contributed by atoms with E-state index in [0.717, 1.165) is 10.8 Å². The van der Waals surface area contributed by atoms with Crippen molar-refractivity contribution in [2.24, 2.45) is 0 Å². The van der Waals surface area contributed by atoms with Crippen molar-refractivity contribution in [1.82, 2.24) is 5.32 Å². The van der Waals surface area contributed by atoms with Crippen LogP contribution in [-0.4, -0.2) is 23.8 Å². The van der Waals surface area contributed by atoms with Crippen LogP contribution in [0.5, 0.6) is 0 Å². The molecule has 0 saturated carbocycles. The molecule has 0 saturated heterocycles. The molecule has 4 aromatic rings. The number of amides is 3. The van der Waals surface area contributed by atoms with Gasteiger partial charge >= 0.3 is 0 Å². The number of para-hydroxylation sites is 1. The predicted molar refractivity (Wildman–Crippen MR) is 130 cm³/mol. The molecule has 0 aromatic heterocycles. The molecular formula is C27H23N3O3. The van der Waals surface area contributed by atoms with Crippen molar-refractivity contribution in [2.45, 2.75) is 13.0 Å². The van der Waals surface area contributed by atoms with Crippen molar-refractivity contribution >= 4 is 39.9 Å². The van der Waals surface area contributed by atoms with Crippen LogP contribution in [0.2, 0.25) is 0 Å². The zero-order valence-corrected chi connectivity index (χ0v) is 18.0. The Bertz CT molecular complexity index is 1320. The van der Waals surface area contributed by atoms with E-state index in [1.165, 1.54) is 0 Å². The summed E-state index contributed by atoms with van der Waals surface area (Å²) in [7, 11) is 0. The Morgan fingerprint density at radius 3 is 2.12 bits per heavy atom. The Kier molecular flexibility index (Phi) is 6.45. The van der Waals surface area contributed by atoms with Crippen molar-refractivity contribution in [1.29, 1.82) is 0 Å². The van der Waals surface area contributed by atoms with E-state index in [2.05, 4.69) is 16.0 Å². The SMILES string of the molecule is CC(NC(=O)c1ccccc1NC(=O)c1ccccc1)C(=O)Nc1ccc2ccccc2c1. The van der Waals surface area contributed by atoms with Crippen molar-refractivity contribution in [2.75, 3.05) is 10.6 Å². The molecular weight excluding hydrogens is 414 g/mol. The monoisotopic (exact) mass is 437 g/mol. The van der Waals surface area contributed by atoms with E-state index in [9.17, 15) is 14.4 Å². The van der Waals surface area contributed by atoms with E-state index < -0.39 is 11.9 Å². The quantitative estimate of drug-likeness (QED) is 0.403. The fourth-order valence-corrected chi connectivity index (χ4v) is 3.43.